The number of hydrogen-bond donors (Lipinski definition) is 0. The van der Waals surface area contributed by atoms with Crippen LogP contribution in [0.25, 0.3) is 17.0 Å². The molecule has 6 rings (SSSR count). The highest BCUT2D eigenvalue weighted by molar-refractivity contribution is 5.99. The van der Waals surface area contributed by atoms with Gasteiger partial charge in [-0.15, -0.1) is 5.10 Å². The number of nitrogens with zero attached hydrogens (tertiary/aromatic N) is 4. The number of ketones is 1. The summed E-state index contributed by atoms with van der Waals surface area (Å²) < 4.78 is 18.9. The molecule has 3 aromatic heterocycles. The fraction of sp³-hybridized carbons (Fsp3) is 0.217. The molecule has 1 aliphatic carbocycles. The largest absolute Gasteiger partial charge is 0.496 e. The Balaban J connectivity index is 1.60. The molecule has 0 bridgehead atoms. The highest BCUT2D eigenvalue weighted by atomic mass is 16.5. The summed E-state index contributed by atoms with van der Waals surface area (Å²) in [7, 11) is 1.61. The number of carbonyl (C=O) groups excluding carboxylic acids is 1. The molecule has 1 atom stereocenters. The van der Waals surface area contributed by atoms with E-state index in [0.29, 0.717) is 58.6 Å². The van der Waals surface area contributed by atoms with Crippen LogP contribution in [0.15, 0.2) is 64.7 Å². The zero-order valence-corrected chi connectivity index (χ0v) is 16.7. The van der Waals surface area contributed by atoms with Crippen LogP contribution in [0, 0.1) is 0 Å². The number of furan rings is 1. The number of aromatic nitrogens is 4. The van der Waals surface area contributed by atoms with Gasteiger partial charge in [-0.05, 0) is 30.7 Å². The average molecular weight is 414 g/mol. The Labute approximate surface area is 177 Å². The Kier molecular flexibility index (Phi) is 3.92. The second-order valence-electron chi connectivity index (χ2n) is 7.53. The number of ether oxygens (including phenoxy) is 2. The van der Waals surface area contributed by atoms with Gasteiger partial charge in [0.1, 0.15) is 23.6 Å². The zero-order chi connectivity index (χ0) is 20.9. The van der Waals surface area contributed by atoms with Crippen molar-refractivity contribution < 1.29 is 18.7 Å². The smallest absolute Gasteiger partial charge is 0.228 e. The van der Waals surface area contributed by atoms with Gasteiger partial charge in [0, 0.05) is 18.4 Å². The molecule has 154 valence electrons. The van der Waals surface area contributed by atoms with Crippen LogP contribution in [0.5, 0.6) is 11.6 Å². The van der Waals surface area contributed by atoms with Crippen molar-refractivity contribution in [1.29, 1.82) is 0 Å². The van der Waals surface area contributed by atoms with Gasteiger partial charge in [0.15, 0.2) is 17.3 Å². The van der Waals surface area contributed by atoms with Crippen LogP contribution < -0.4 is 9.47 Å². The molecule has 8 heteroatoms. The van der Waals surface area contributed by atoms with Gasteiger partial charge in [-0.3, -0.25) is 4.79 Å². The van der Waals surface area contributed by atoms with Crippen LogP contribution in [0.2, 0.25) is 0 Å². The molecule has 0 spiro atoms. The number of Topliss-reactive ketones (excluding diaryl/α,β-unsaturated/α-hetero) is 1. The summed E-state index contributed by atoms with van der Waals surface area (Å²) in [6, 6.07) is 11.2. The maximum atomic E-state index is 12.9. The number of methoxy groups -OCH3 is 1. The molecule has 4 heterocycles. The third kappa shape index (κ3) is 2.68. The fourth-order valence-corrected chi connectivity index (χ4v) is 4.40. The van der Waals surface area contributed by atoms with Gasteiger partial charge < -0.3 is 13.9 Å². The van der Waals surface area contributed by atoms with Gasteiger partial charge in [-0.2, -0.15) is 0 Å². The highest BCUT2D eigenvalue weighted by Gasteiger charge is 2.41. The second-order valence-corrected chi connectivity index (χ2v) is 7.53. The Morgan fingerprint density at radius 3 is 2.90 bits per heavy atom. The number of hydrogen-bond acceptors (Lipinski definition) is 7. The zero-order valence-electron chi connectivity index (χ0n) is 16.7. The summed E-state index contributed by atoms with van der Waals surface area (Å²) in [6.45, 7) is 0. The summed E-state index contributed by atoms with van der Waals surface area (Å²) in [5, 5.41) is 4.61. The van der Waals surface area contributed by atoms with E-state index in [1.807, 2.05) is 36.4 Å². The number of carbonyl (C=O) groups is 1. The van der Waals surface area contributed by atoms with E-state index >= 15 is 0 Å². The van der Waals surface area contributed by atoms with Gasteiger partial charge in [0.25, 0.3) is 0 Å². The summed E-state index contributed by atoms with van der Waals surface area (Å²) >= 11 is 0. The molecular weight excluding hydrogens is 396 g/mol. The van der Waals surface area contributed by atoms with Crippen LogP contribution in [0.3, 0.4) is 0 Å². The van der Waals surface area contributed by atoms with Crippen molar-refractivity contribution in [2.75, 3.05) is 7.11 Å². The molecular formula is C23H18N4O4. The Hall–Kier alpha value is -3.94. The minimum Gasteiger partial charge on any atom is -0.496 e. The van der Waals surface area contributed by atoms with Gasteiger partial charge >= 0.3 is 0 Å². The molecule has 31 heavy (non-hydrogen) atoms. The van der Waals surface area contributed by atoms with Crippen LogP contribution in [0.4, 0.5) is 0 Å². The molecule has 0 N–H and O–H groups in total. The van der Waals surface area contributed by atoms with E-state index in [1.165, 1.54) is 0 Å². The molecule has 1 unspecified atom stereocenters. The van der Waals surface area contributed by atoms with Crippen molar-refractivity contribution in [3.05, 3.63) is 71.6 Å². The quantitative estimate of drug-likeness (QED) is 0.502. The van der Waals surface area contributed by atoms with Gasteiger partial charge in [0.05, 0.1) is 30.4 Å². The van der Waals surface area contributed by atoms with Crippen molar-refractivity contribution in [3.8, 4) is 23.0 Å². The standard InChI is InChI=1S/C23H18N4O4/c1-29-15-8-3-2-6-13(15)21-25-22-20-19(16-10-5-11-30-16)18-14(28)7-4-9-17(18)31-23(20)24-12-27(22)26-21/h2-3,5-6,8,10-12,19H,4,7,9H2,1H3. The minimum atomic E-state index is -0.438. The van der Waals surface area contributed by atoms with Crippen LogP contribution in [0.1, 0.15) is 36.5 Å². The highest BCUT2D eigenvalue weighted by Crippen LogP contribution is 2.47. The Bertz CT molecular complexity index is 1350. The van der Waals surface area contributed by atoms with Gasteiger partial charge in [-0.1, -0.05) is 12.1 Å². The number of benzene rings is 1. The molecule has 0 saturated heterocycles. The minimum absolute atomic E-state index is 0.0692. The monoisotopic (exact) mass is 414 g/mol. The molecule has 0 saturated carbocycles. The van der Waals surface area contributed by atoms with E-state index in [-0.39, 0.29) is 5.78 Å². The summed E-state index contributed by atoms with van der Waals surface area (Å²) in [5.74, 6) is 2.57. The molecule has 2 aliphatic rings. The van der Waals surface area contributed by atoms with Crippen molar-refractivity contribution in [2.45, 2.75) is 25.2 Å². The SMILES string of the molecule is COc1ccccc1-c1nc2c3c(ncn2n1)OC1=C(C(=O)CCC1)C3c1ccco1. The molecule has 4 aromatic rings. The first kappa shape index (κ1) is 17.9. The van der Waals surface area contributed by atoms with Crippen molar-refractivity contribution in [1.82, 2.24) is 19.6 Å². The first-order valence-corrected chi connectivity index (χ1v) is 10.1. The first-order valence-electron chi connectivity index (χ1n) is 10.1. The first-order chi connectivity index (χ1) is 15.2. The number of rotatable bonds is 3. The van der Waals surface area contributed by atoms with E-state index in [0.717, 1.165) is 12.0 Å². The van der Waals surface area contributed by atoms with E-state index in [1.54, 1.807) is 24.2 Å². The lowest BCUT2D eigenvalue weighted by atomic mass is 9.80. The lowest BCUT2D eigenvalue weighted by molar-refractivity contribution is -0.116. The normalized spacial score (nSPS) is 18.0. The van der Waals surface area contributed by atoms with E-state index in [2.05, 4.69) is 10.1 Å². The average Bonchev–Trinajstić information content (AvgIpc) is 3.48. The molecule has 0 fully saturated rings. The molecule has 0 radical (unpaired) electrons. The number of para-hydroxylation sites is 1. The topological polar surface area (TPSA) is 91.8 Å². The summed E-state index contributed by atoms with van der Waals surface area (Å²) in [5.41, 5.74) is 2.64. The van der Waals surface area contributed by atoms with Gasteiger partial charge in [0.2, 0.25) is 5.88 Å². The van der Waals surface area contributed by atoms with Gasteiger partial charge in [-0.25, -0.2) is 14.5 Å². The lowest BCUT2D eigenvalue weighted by Crippen LogP contribution is -2.26. The van der Waals surface area contributed by atoms with Crippen molar-refractivity contribution in [2.24, 2.45) is 0 Å². The fourth-order valence-electron chi connectivity index (χ4n) is 4.40. The van der Waals surface area contributed by atoms with Crippen LogP contribution >= 0.6 is 0 Å². The maximum absolute atomic E-state index is 12.9. The van der Waals surface area contributed by atoms with Crippen molar-refractivity contribution >= 4 is 11.4 Å². The Morgan fingerprint density at radius 2 is 2.06 bits per heavy atom. The molecule has 0 amide bonds. The van der Waals surface area contributed by atoms with E-state index in [9.17, 15) is 4.79 Å². The number of fused-ring (bicyclic) bond motifs is 3. The summed E-state index contributed by atoms with van der Waals surface area (Å²) in [6.07, 6.45) is 5.14. The molecule has 8 nitrogen and oxygen atoms in total. The molecule has 1 aliphatic heterocycles. The van der Waals surface area contributed by atoms with E-state index < -0.39 is 5.92 Å². The maximum Gasteiger partial charge on any atom is 0.228 e. The van der Waals surface area contributed by atoms with E-state index in [4.69, 9.17) is 18.9 Å². The lowest BCUT2D eigenvalue weighted by Gasteiger charge is -2.30. The van der Waals surface area contributed by atoms with Crippen molar-refractivity contribution in [3.63, 3.8) is 0 Å². The predicted molar refractivity (Wildman–Crippen MR) is 110 cm³/mol. The predicted octanol–water partition coefficient (Wildman–Crippen LogP) is 3.92. The third-order valence-corrected chi connectivity index (χ3v) is 5.77. The van der Waals surface area contributed by atoms with Crippen LogP contribution in [-0.2, 0) is 4.79 Å². The van der Waals surface area contributed by atoms with Crippen LogP contribution in [-0.4, -0.2) is 32.5 Å². The number of allylic oxidation sites excluding steroid dienone is 2. The Morgan fingerprint density at radius 1 is 1.16 bits per heavy atom. The molecule has 1 aromatic carbocycles. The second kappa shape index (κ2) is 6.80. The summed E-state index contributed by atoms with van der Waals surface area (Å²) in [4.78, 5) is 22.2. The third-order valence-electron chi connectivity index (χ3n) is 5.77.